The first kappa shape index (κ1) is 17.4. The van der Waals surface area contributed by atoms with Crippen LogP contribution in [0.4, 0.5) is 5.69 Å². The molecule has 0 radical (unpaired) electrons. The number of carbonyl (C=O) groups is 1. The number of hydrogen-bond acceptors (Lipinski definition) is 6. The lowest BCUT2D eigenvalue weighted by molar-refractivity contribution is 0.0601. The first-order valence-corrected chi connectivity index (χ1v) is 9.29. The van der Waals surface area contributed by atoms with E-state index in [9.17, 15) is 9.90 Å². The molecule has 3 aromatic rings. The van der Waals surface area contributed by atoms with Gasteiger partial charge in [-0.15, -0.1) is 11.3 Å². The topological polar surface area (TPSA) is 63.8 Å². The smallest absolute Gasteiger partial charge is 0.337 e. The summed E-state index contributed by atoms with van der Waals surface area (Å²) in [6.45, 7) is 0. The van der Waals surface area contributed by atoms with Crippen LogP contribution in [-0.2, 0) is 4.74 Å². The molecule has 1 N–H and O–H groups in total. The van der Waals surface area contributed by atoms with Gasteiger partial charge in [0.1, 0.15) is 0 Å². The molecule has 134 valence electrons. The quantitative estimate of drug-likeness (QED) is 0.501. The third-order valence-corrected chi connectivity index (χ3v) is 5.51. The molecule has 0 fully saturated rings. The Morgan fingerprint density at radius 3 is 2.70 bits per heavy atom. The van der Waals surface area contributed by atoms with Gasteiger partial charge in [0, 0.05) is 17.4 Å². The number of aromatic hydroxyl groups is 1. The van der Waals surface area contributed by atoms with Crippen LogP contribution in [0.15, 0.2) is 53.5 Å². The number of aliphatic imine (C=N–C) groups is 1. The Kier molecular flexibility index (Phi) is 4.47. The van der Waals surface area contributed by atoms with E-state index in [1.54, 1.807) is 35.0 Å². The van der Waals surface area contributed by atoms with Crippen molar-refractivity contribution in [2.24, 2.45) is 4.99 Å². The number of methoxy groups -OCH3 is 1. The SMILES string of the molecule is COC(=O)c1ccc(-n2c(O)c(C=C3C=Nc4ccccc43)sc2=S)cc1. The van der Waals surface area contributed by atoms with Gasteiger partial charge in [0.2, 0.25) is 5.88 Å². The molecule has 0 aliphatic carbocycles. The second kappa shape index (κ2) is 6.94. The summed E-state index contributed by atoms with van der Waals surface area (Å²) in [7, 11) is 1.33. The van der Waals surface area contributed by atoms with Crippen LogP contribution in [0.5, 0.6) is 5.88 Å². The number of nitrogens with zero attached hydrogens (tertiary/aromatic N) is 2. The standard InChI is InChI=1S/C20H14N2O3S2/c1-25-19(24)12-6-8-14(9-7-12)22-18(23)17(27-20(22)26)10-13-11-21-16-5-3-2-4-15(13)16/h2-11,23H,1H3. The monoisotopic (exact) mass is 394 g/mol. The van der Waals surface area contributed by atoms with Gasteiger partial charge in [-0.05, 0) is 48.6 Å². The van der Waals surface area contributed by atoms with Gasteiger partial charge < -0.3 is 9.84 Å². The third-order valence-electron chi connectivity index (χ3n) is 4.20. The Morgan fingerprint density at radius 2 is 1.96 bits per heavy atom. The average Bonchev–Trinajstić information content (AvgIpc) is 3.22. The van der Waals surface area contributed by atoms with E-state index in [4.69, 9.17) is 17.0 Å². The van der Waals surface area contributed by atoms with E-state index < -0.39 is 5.97 Å². The van der Waals surface area contributed by atoms with Crippen LogP contribution in [0.1, 0.15) is 20.8 Å². The number of rotatable bonds is 3. The minimum atomic E-state index is -0.413. The predicted octanol–water partition coefficient (Wildman–Crippen LogP) is 5.02. The van der Waals surface area contributed by atoms with E-state index in [1.807, 2.05) is 30.3 Å². The third kappa shape index (κ3) is 3.11. The Balaban J connectivity index is 1.73. The summed E-state index contributed by atoms with van der Waals surface area (Å²) >= 11 is 6.75. The van der Waals surface area contributed by atoms with E-state index in [0.717, 1.165) is 16.8 Å². The minimum Gasteiger partial charge on any atom is -0.493 e. The van der Waals surface area contributed by atoms with Crippen LogP contribution in [0.3, 0.4) is 0 Å². The lowest BCUT2D eigenvalue weighted by atomic mass is 10.1. The number of thiazole rings is 1. The first-order chi connectivity index (χ1) is 13.1. The van der Waals surface area contributed by atoms with Gasteiger partial charge in [0.05, 0.1) is 28.9 Å². The zero-order valence-electron chi connectivity index (χ0n) is 14.2. The Hall–Kier alpha value is -3.03. The summed E-state index contributed by atoms with van der Waals surface area (Å²) in [5.74, 6) is -0.356. The highest BCUT2D eigenvalue weighted by Gasteiger charge is 2.16. The second-order valence-corrected chi connectivity index (χ2v) is 7.48. The summed E-state index contributed by atoms with van der Waals surface area (Å²) in [5, 5.41) is 10.7. The average molecular weight is 394 g/mol. The number of hydrogen-bond donors (Lipinski definition) is 1. The number of ether oxygens (including phenoxy) is 1. The molecule has 0 bridgehead atoms. The molecule has 0 unspecified atom stereocenters. The van der Waals surface area contributed by atoms with Crippen molar-refractivity contribution in [3.05, 3.63) is 68.5 Å². The van der Waals surface area contributed by atoms with Crippen molar-refractivity contribution in [3.8, 4) is 11.6 Å². The summed E-state index contributed by atoms with van der Waals surface area (Å²) < 4.78 is 6.79. The van der Waals surface area contributed by atoms with E-state index in [0.29, 0.717) is 20.1 Å². The Bertz CT molecular complexity index is 1150. The van der Waals surface area contributed by atoms with Gasteiger partial charge >= 0.3 is 5.97 Å². The van der Waals surface area contributed by atoms with Crippen molar-refractivity contribution in [2.75, 3.05) is 7.11 Å². The zero-order chi connectivity index (χ0) is 19.0. The molecular formula is C20H14N2O3S2. The molecule has 2 aromatic carbocycles. The molecule has 0 spiro atoms. The fourth-order valence-corrected chi connectivity index (χ4v) is 4.16. The van der Waals surface area contributed by atoms with E-state index in [2.05, 4.69) is 4.99 Å². The van der Waals surface area contributed by atoms with Gasteiger partial charge in [-0.3, -0.25) is 9.56 Å². The first-order valence-electron chi connectivity index (χ1n) is 8.07. The van der Waals surface area contributed by atoms with Crippen molar-refractivity contribution in [3.63, 3.8) is 0 Å². The maximum absolute atomic E-state index is 11.6. The van der Waals surface area contributed by atoms with E-state index >= 15 is 0 Å². The molecule has 0 atom stereocenters. The van der Waals surface area contributed by atoms with Crippen molar-refractivity contribution in [1.29, 1.82) is 0 Å². The summed E-state index contributed by atoms with van der Waals surface area (Å²) in [5.41, 5.74) is 3.95. The van der Waals surface area contributed by atoms with Crippen LogP contribution >= 0.6 is 23.6 Å². The molecule has 1 aliphatic rings. The molecule has 0 saturated carbocycles. The Morgan fingerprint density at radius 1 is 1.22 bits per heavy atom. The number of allylic oxidation sites excluding steroid dienone is 1. The van der Waals surface area contributed by atoms with Gasteiger partial charge in [0.15, 0.2) is 3.95 Å². The van der Waals surface area contributed by atoms with Crippen LogP contribution in [0, 0.1) is 3.95 Å². The van der Waals surface area contributed by atoms with Crippen molar-refractivity contribution < 1.29 is 14.6 Å². The summed E-state index contributed by atoms with van der Waals surface area (Å²) in [6, 6.07) is 14.5. The fraction of sp³-hybridized carbons (Fsp3) is 0.0500. The molecule has 0 amide bonds. The second-order valence-electron chi connectivity index (χ2n) is 5.80. The number of fused-ring (bicyclic) bond motifs is 1. The molecule has 5 nitrogen and oxygen atoms in total. The normalized spacial score (nSPS) is 13.7. The predicted molar refractivity (Wildman–Crippen MR) is 110 cm³/mol. The maximum atomic E-state index is 11.6. The lowest BCUT2D eigenvalue weighted by Crippen LogP contribution is -2.01. The molecule has 7 heteroatoms. The van der Waals surface area contributed by atoms with Crippen LogP contribution < -0.4 is 0 Å². The zero-order valence-corrected chi connectivity index (χ0v) is 15.9. The number of benzene rings is 2. The highest BCUT2D eigenvalue weighted by atomic mass is 32.1. The van der Waals surface area contributed by atoms with Gasteiger partial charge in [-0.25, -0.2) is 4.79 Å². The number of para-hydroxylation sites is 1. The molecule has 4 rings (SSSR count). The summed E-state index contributed by atoms with van der Waals surface area (Å²) in [6.07, 6.45) is 3.66. The maximum Gasteiger partial charge on any atom is 0.337 e. The fourth-order valence-electron chi connectivity index (χ4n) is 2.86. The number of aromatic nitrogens is 1. The van der Waals surface area contributed by atoms with Gasteiger partial charge in [0.25, 0.3) is 0 Å². The largest absolute Gasteiger partial charge is 0.493 e. The highest BCUT2D eigenvalue weighted by molar-refractivity contribution is 7.73. The number of esters is 1. The van der Waals surface area contributed by atoms with E-state index in [1.165, 1.54) is 18.4 Å². The van der Waals surface area contributed by atoms with Gasteiger partial charge in [-0.2, -0.15) is 0 Å². The highest BCUT2D eigenvalue weighted by Crippen LogP contribution is 2.36. The van der Waals surface area contributed by atoms with Crippen LogP contribution in [0.25, 0.3) is 17.3 Å². The van der Waals surface area contributed by atoms with Crippen molar-refractivity contribution >= 4 is 53.1 Å². The van der Waals surface area contributed by atoms with E-state index in [-0.39, 0.29) is 5.88 Å². The van der Waals surface area contributed by atoms with Gasteiger partial charge in [-0.1, -0.05) is 18.2 Å². The number of carbonyl (C=O) groups excluding carboxylic acids is 1. The lowest BCUT2D eigenvalue weighted by Gasteiger charge is -2.06. The summed E-state index contributed by atoms with van der Waals surface area (Å²) in [4.78, 5) is 16.6. The Labute approximate surface area is 164 Å². The van der Waals surface area contributed by atoms with Crippen LogP contribution in [-0.4, -0.2) is 29.0 Å². The molecule has 27 heavy (non-hydrogen) atoms. The van der Waals surface area contributed by atoms with Crippen molar-refractivity contribution in [2.45, 2.75) is 0 Å². The molecule has 1 aromatic heterocycles. The molecule has 0 saturated heterocycles. The van der Waals surface area contributed by atoms with Crippen molar-refractivity contribution in [1.82, 2.24) is 4.57 Å². The molecule has 1 aliphatic heterocycles. The molecule has 2 heterocycles. The minimum absolute atomic E-state index is 0.0566. The molecular weight excluding hydrogens is 380 g/mol. The van der Waals surface area contributed by atoms with Crippen LogP contribution in [0.2, 0.25) is 0 Å².